The standard InChI is InChI=1S/C15H20N4OS/c1-4-18(3)14(20)11-21-15-17-16-12(2)19(15)10-13-8-6-5-7-9-13/h5-9H,4,10-11H2,1-3H3. The van der Waals surface area contributed by atoms with E-state index in [-0.39, 0.29) is 5.91 Å². The van der Waals surface area contributed by atoms with Crippen LogP contribution < -0.4 is 0 Å². The van der Waals surface area contributed by atoms with Gasteiger partial charge in [0.05, 0.1) is 12.3 Å². The molecule has 0 fully saturated rings. The predicted molar refractivity (Wildman–Crippen MR) is 84.3 cm³/mol. The Bertz CT molecular complexity index is 597. The van der Waals surface area contributed by atoms with Gasteiger partial charge in [0.2, 0.25) is 5.91 Å². The third kappa shape index (κ3) is 4.07. The molecule has 1 heterocycles. The van der Waals surface area contributed by atoms with Gasteiger partial charge in [-0.15, -0.1) is 10.2 Å². The first-order chi connectivity index (χ1) is 10.1. The summed E-state index contributed by atoms with van der Waals surface area (Å²) in [5, 5.41) is 9.08. The summed E-state index contributed by atoms with van der Waals surface area (Å²) in [6, 6.07) is 10.2. The maximum Gasteiger partial charge on any atom is 0.232 e. The topological polar surface area (TPSA) is 51.0 Å². The van der Waals surface area contributed by atoms with Crippen molar-refractivity contribution in [2.45, 2.75) is 25.5 Å². The van der Waals surface area contributed by atoms with Gasteiger partial charge in [-0.05, 0) is 19.4 Å². The van der Waals surface area contributed by atoms with Crippen LogP contribution in [0.5, 0.6) is 0 Å². The molecule has 0 aliphatic rings. The molecule has 0 unspecified atom stereocenters. The molecule has 1 aromatic heterocycles. The van der Waals surface area contributed by atoms with Gasteiger partial charge in [-0.3, -0.25) is 4.79 Å². The van der Waals surface area contributed by atoms with Gasteiger partial charge in [-0.2, -0.15) is 0 Å². The van der Waals surface area contributed by atoms with Crippen molar-refractivity contribution in [1.29, 1.82) is 0 Å². The number of carbonyl (C=O) groups is 1. The van der Waals surface area contributed by atoms with Gasteiger partial charge >= 0.3 is 0 Å². The molecule has 112 valence electrons. The fraction of sp³-hybridized carbons (Fsp3) is 0.400. The molecule has 5 nitrogen and oxygen atoms in total. The molecule has 2 aromatic rings. The maximum atomic E-state index is 11.9. The number of aryl methyl sites for hydroxylation is 1. The lowest BCUT2D eigenvalue weighted by Crippen LogP contribution is -2.27. The molecule has 1 amide bonds. The Kier molecular flexibility index (Phi) is 5.38. The highest BCUT2D eigenvalue weighted by atomic mass is 32.2. The molecule has 0 saturated heterocycles. The summed E-state index contributed by atoms with van der Waals surface area (Å²) in [6.45, 7) is 5.33. The molecule has 21 heavy (non-hydrogen) atoms. The van der Waals surface area contributed by atoms with Crippen molar-refractivity contribution in [2.75, 3.05) is 19.3 Å². The second kappa shape index (κ2) is 7.26. The van der Waals surface area contributed by atoms with Gasteiger partial charge in [-0.1, -0.05) is 42.1 Å². The maximum absolute atomic E-state index is 11.9. The highest BCUT2D eigenvalue weighted by molar-refractivity contribution is 7.99. The average molecular weight is 304 g/mol. The molecule has 0 N–H and O–H groups in total. The number of hydrogen-bond donors (Lipinski definition) is 0. The van der Waals surface area contributed by atoms with Gasteiger partial charge in [0.15, 0.2) is 5.16 Å². The number of thioether (sulfide) groups is 1. The molecular weight excluding hydrogens is 284 g/mol. The first-order valence-corrected chi connectivity index (χ1v) is 7.91. The van der Waals surface area contributed by atoms with Crippen LogP contribution in [0, 0.1) is 6.92 Å². The average Bonchev–Trinajstić information content (AvgIpc) is 2.85. The summed E-state index contributed by atoms with van der Waals surface area (Å²) in [5.74, 6) is 1.35. The minimum absolute atomic E-state index is 0.106. The van der Waals surface area contributed by atoms with E-state index in [4.69, 9.17) is 0 Å². The van der Waals surface area contributed by atoms with Gasteiger partial charge < -0.3 is 9.47 Å². The summed E-state index contributed by atoms with van der Waals surface area (Å²) in [5.41, 5.74) is 1.19. The first-order valence-electron chi connectivity index (χ1n) is 6.92. The Morgan fingerprint density at radius 1 is 1.29 bits per heavy atom. The van der Waals surface area contributed by atoms with E-state index < -0.39 is 0 Å². The zero-order valence-corrected chi connectivity index (χ0v) is 13.4. The van der Waals surface area contributed by atoms with E-state index in [2.05, 4.69) is 22.3 Å². The van der Waals surface area contributed by atoms with Crippen LogP contribution in [-0.4, -0.2) is 44.9 Å². The second-order valence-electron chi connectivity index (χ2n) is 4.80. The number of nitrogens with zero attached hydrogens (tertiary/aromatic N) is 4. The molecule has 0 bridgehead atoms. The number of amides is 1. The molecular formula is C15H20N4OS. The van der Waals surface area contributed by atoms with Crippen molar-refractivity contribution in [3.05, 3.63) is 41.7 Å². The van der Waals surface area contributed by atoms with E-state index in [1.165, 1.54) is 17.3 Å². The van der Waals surface area contributed by atoms with Crippen LogP contribution in [0.3, 0.4) is 0 Å². The minimum Gasteiger partial charge on any atom is -0.345 e. The summed E-state index contributed by atoms with van der Waals surface area (Å²) >= 11 is 1.44. The quantitative estimate of drug-likeness (QED) is 0.768. The fourth-order valence-corrected chi connectivity index (χ4v) is 2.75. The number of carbonyl (C=O) groups excluding carboxylic acids is 1. The number of aromatic nitrogens is 3. The molecule has 2 rings (SSSR count). The molecule has 0 spiro atoms. The summed E-state index contributed by atoms with van der Waals surface area (Å²) in [4.78, 5) is 13.6. The zero-order valence-electron chi connectivity index (χ0n) is 12.6. The smallest absolute Gasteiger partial charge is 0.232 e. The van der Waals surface area contributed by atoms with E-state index in [9.17, 15) is 4.79 Å². The zero-order chi connectivity index (χ0) is 15.2. The summed E-state index contributed by atoms with van der Waals surface area (Å²) < 4.78 is 2.04. The lowest BCUT2D eigenvalue weighted by atomic mass is 10.2. The van der Waals surface area contributed by atoms with Crippen LogP contribution in [0.15, 0.2) is 35.5 Å². The van der Waals surface area contributed by atoms with Gasteiger partial charge in [-0.25, -0.2) is 0 Å². The van der Waals surface area contributed by atoms with Crippen LogP contribution in [-0.2, 0) is 11.3 Å². The molecule has 0 aliphatic heterocycles. The fourth-order valence-electron chi connectivity index (χ4n) is 1.83. The van der Waals surface area contributed by atoms with Gasteiger partial charge in [0.25, 0.3) is 0 Å². The van der Waals surface area contributed by atoms with Gasteiger partial charge in [0.1, 0.15) is 5.82 Å². The largest absolute Gasteiger partial charge is 0.345 e. The molecule has 0 saturated carbocycles. The molecule has 0 aliphatic carbocycles. The highest BCUT2D eigenvalue weighted by Crippen LogP contribution is 2.18. The van der Waals surface area contributed by atoms with Crippen molar-refractivity contribution in [1.82, 2.24) is 19.7 Å². The van der Waals surface area contributed by atoms with Crippen LogP contribution in [0.1, 0.15) is 18.3 Å². The highest BCUT2D eigenvalue weighted by Gasteiger charge is 2.13. The molecule has 6 heteroatoms. The molecule has 1 aromatic carbocycles. The molecule has 0 atom stereocenters. The molecule has 0 radical (unpaired) electrons. The lowest BCUT2D eigenvalue weighted by Gasteiger charge is -2.14. The van der Waals surface area contributed by atoms with E-state index in [0.717, 1.165) is 24.1 Å². The van der Waals surface area contributed by atoms with Crippen molar-refractivity contribution in [3.63, 3.8) is 0 Å². The van der Waals surface area contributed by atoms with E-state index in [1.54, 1.807) is 4.90 Å². The Morgan fingerprint density at radius 2 is 2.00 bits per heavy atom. The first kappa shape index (κ1) is 15.6. The van der Waals surface area contributed by atoms with Crippen molar-refractivity contribution in [3.8, 4) is 0 Å². The Labute approximate surface area is 129 Å². The van der Waals surface area contributed by atoms with Crippen LogP contribution in [0.4, 0.5) is 0 Å². The van der Waals surface area contributed by atoms with Gasteiger partial charge in [0, 0.05) is 13.6 Å². The third-order valence-electron chi connectivity index (χ3n) is 3.31. The predicted octanol–water partition coefficient (Wildman–Crippen LogP) is 2.21. The summed E-state index contributed by atoms with van der Waals surface area (Å²) in [6.07, 6.45) is 0. The summed E-state index contributed by atoms with van der Waals surface area (Å²) in [7, 11) is 1.81. The van der Waals surface area contributed by atoms with E-state index >= 15 is 0 Å². The SMILES string of the molecule is CCN(C)C(=O)CSc1nnc(C)n1Cc1ccccc1. The number of rotatable bonds is 6. The van der Waals surface area contributed by atoms with Crippen LogP contribution >= 0.6 is 11.8 Å². The van der Waals surface area contributed by atoms with Crippen LogP contribution in [0.25, 0.3) is 0 Å². The van der Waals surface area contributed by atoms with Crippen LogP contribution in [0.2, 0.25) is 0 Å². The number of hydrogen-bond acceptors (Lipinski definition) is 4. The second-order valence-corrected chi connectivity index (χ2v) is 5.74. The third-order valence-corrected chi connectivity index (χ3v) is 4.26. The minimum atomic E-state index is 0.106. The van der Waals surface area contributed by atoms with E-state index in [1.807, 2.05) is 43.7 Å². The lowest BCUT2D eigenvalue weighted by molar-refractivity contribution is -0.126. The Balaban J connectivity index is 2.06. The van der Waals surface area contributed by atoms with Crippen molar-refractivity contribution in [2.24, 2.45) is 0 Å². The van der Waals surface area contributed by atoms with Crippen molar-refractivity contribution >= 4 is 17.7 Å². The monoisotopic (exact) mass is 304 g/mol. The number of benzene rings is 1. The van der Waals surface area contributed by atoms with E-state index in [0.29, 0.717) is 5.75 Å². The van der Waals surface area contributed by atoms with Crippen molar-refractivity contribution < 1.29 is 4.79 Å². The normalized spacial score (nSPS) is 10.6. The Hall–Kier alpha value is -1.82. The Morgan fingerprint density at radius 3 is 2.67 bits per heavy atom.